The number of carbonyl (C=O) groups excluding carboxylic acids is 1. The Balaban J connectivity index is 2.15. The summed E-state index contributed by atoms with van der Waals surface area (Å²) in [4.78, 5) is 14.3. The van der Waals surface area contributed by atoms with Gasteiger partial charge in [0.1, 0.15) is 5.60 Å². The van der Waals surface area contributed by atoms with Gasteiger partial charge in [0.05, 0.1) is 5.41 Å². The van der Waals surface area contributed by atoms with Crippen LogP contribution >= 0.6 is 25.3 Å². The van der Waals surface area contributed by atoms with Gasteiger partial charge in [-0.2, -0.15) is 0 Å². The lowest BCUT2D eigenvalue weighted by atomic mass is 9.89. The second-order valence-electron chi connectivity index (χ2n) is 8.17. The van der Waals surface area contributed by atoms with Crippen LogP contribution in [0.15, 0.2) is 52.3 Å². The molecule has 0 saturated heterocycles. The summed E-state index contributed by atoms with van der Waals surface area (Å²) in [5.74, 6) is -0.206. The van der Waals surface area contributed by atoms with E-state index in [2.05, 4.69) is 24.3 Å². The van der Waals surface area contributed by atoms with E-state index in [0.29, 0.717) is 0 Å². The van der Waals surface area contributed by atoms with E-state index in [-0.39, 0.29) is 5.97 Å². The quantitative estimate of drug-likeness (QED) is 0.288. The number of benzene rings is 3. The molecule has 0 aliphatic carbocycles. The maximum Gasteiger partial charge on any atom is 0.312 e. The molecule has 0 spiro atoms. The van der Waals surface area contributed by atoms with Crippen LogP contribution in [0, 0.1) is 5.41 Å². The van der Waals surface area contributed by atoms with E-state index in [0.717, 1.165) is 43.3 Å². The highest BCUT2D eigenvalue weighted by molar-refractivity contribution is 7.81. The zero-order chi connectivity index (χ0) is 20.0. The van der Waals surface area contributed by atoms with Crippen LogP contribution in [0.2, 0.25) is 0 Å². The average Bonchev–Trinajstić information content (AvgIpc) is 2.62. The van der Waals surface area contributed by atoms with Gasteiger partial charge < -0.3 is 4.74 Å². The lowest BCUT2D eigenvalue weighted by Gasteiger charge is -2.32. The van der Waals surface area contributed by atoms with Gasteiger partial charge >= 0.3 is 5.97 Å². The summed E-state index contributed by atoms with van der Waals surface area (Å²) in [6.07, 6.45) is 0.719. The summed E-state index contributed by atoms with van der Waals surface area (Å²) in [6, 6.07) is 14.5. The van der Waals surface area contributed by atoms with Crippen molar-refractivity contribution in [3.05, 3.63) is 48.0 Å². The summed E-state index contributed by atoms with van der Waals surface area (Å²) in [5, 5.41) is 4.36. The van der Waals surface area contributed by atoms with Crippen LogP contribution in [-0.4, -0.2) is 5.97 Å². The van der Waals surface area contributed by atoms with Gasteiger partial charge in [-0.05, 0) is 73.9 Å². The van der Waals surface area contributed by atoms with Gasteiger partial charge in [-0.15, -0.1) is 25.3 Å². The molecule has 27 heavy (non-hydrogen) atoms. The molecule has 3 aromatic rings. The number of hydrogen-bond acceptors (Lipinski definition) is 4. The number of rotatable bonds is 4. The highest BCUT2D eigenvalue weighted by Gasteiger charge is 2.35. The van der Waals surface area contributed by atoms with Gasteiger partial charge in [-0.3, -0.25) is 4.79 Å². The first-order valence-electron chi connectivity index (χ1n) is 9.18. The number of esters is 1. The molecule has 142 valence electrons. The van der Waals surface area contributed by atoms with Gasteiger partial charge in [-0.25, -0.2) is 0 Å². The molecule has 0 amide bonds. The van der Waals surface area contributed by atoms with Crippen molar-refractivity contribution in [2.24, 2.45) is 5.41 Å². The second kappa shape index (κ2) is 7.06. The first-order chi connectivity index (χ1) is 12.6. The van der Waals surface area contributed by atoms with Crippen LogP contribution in [-0.2, 0) is 15.1 Å². The largest absolute Gasteiger partial charge is 0.454 e. The molecule has 0 radical (unpaired) electrons. The molecule has 0 fully saturated rings. The Hall–Kier alpha value is -1.65. The van der Waals surface area contributed by atoms with Crippen molar-refractivity contribution in [1.29, 1.82) is 0 Å². The van der Waals surface area contributed by atoms with E-state index in [9.17, 15) is 4.79 Å². The van der Waals surface area contributed by atoms with Crippen LogP contribution < -0.4 is 0 Å². The molecule has 3 rings (SSSR count). The number of carbonyl (C=O) groups is 1. The predicted molar refractivity (Wildman–Crippen MR) is 119 cm³/mol. The Labute approximate surface area is 172 Å². The standard InChI is InChI=1S/C23H26O2S2/c1-6-22(2,3)21(24)25-23(4,5)18-13-19(26)16-11-14-9-7-8-10-15(14)12-17(16)20(18)27/h7-13,26-27H,6H2,1-5H3. The number of ether oxygens (including phenoxy) is 1. The van der Waals surface area contributed by atoms with Gasteiger partial charge in [0, 0.05) is 15.4 Å². The third kappa shape index (κ3) is 3.70. The summed E-state index contributed by atoms with van der Waals surface area (Å²) < 4.78 is 5.93. The number of thiol groups is 2. The van der Waals surface area contributed by atoms with Gasteiger partial charge in [-0.1, -0.05) is 31.2 Å². The van der Waals surface area contributed by atoms with Crippen molar-refractivity contribution in [2.75, 3.05) is 0 Å². The summed E-state index contributed by atoms with van der Waals surface area (Å²) in [5.41, 5.74) is -0.470. The van der Waals surface area contributed by atoms with E-state index in [1.807, 2.05) is 52.8 Å². The molecule has 0 atom stereocenters. The fourth-order valence-electron chi connectivity index (χ4n) is 3.10. The minimum Gasteiger partial charge on any atom is -0.454 e. The Morgan fingerprint density at radius 1 is 0.963 bits per heavy atom. The van der Waals surface area contributed by atoms with Crippen LogP contribution in [0.1, 0.15) is 46.6 Å². The van der Waals surface area contributed by atoms with E-state index in [1.54, 1.807) is 0 Å². The van der Waals surface area contributed by atoms with Gasteiger partial charge in [0.2, 0.25) is 0 Å². The first-order valence-corrected chi connectivity index (χ1v) is 10.1. The lowest BCUT2D eigenvalue weighted by Crippen LogP contribution is -2.34. The molecule has 0 aromatic heterocycles. The zero-order valence-electron chi connectivity index (χ0n) is 16.5. The van der Waals surface area contributed by atoms with E-state index in [1.165, 1.54) is 0 Å². The summed E-state index contributed by atoms with van der Waals surface area (Å²) >= 11 is 9.54. The van der Waals surface area contributed by atoms with Crippen LogP contribution in [0.4, 0.5) is 0 Å². The first kappa shape index (κ1) is 20.1. The minimum atomic E-state index is -0.808. The molecular weight excluding hydrogens is 372 g/mol. The molecule has 0 saturated carbocycles. The molecule has 0 unspecified atom stereocenters. The number of hydrogen-bond donors (Lipinski definition) is 2. The SMILES string of the molecule is CCC(C)(C)C(=O)OC(C)(C)c1cc(S)c2cc3ccccc3cc2c1S. The average molecular weight is 399 g/mol. The van der Waals surface area contributed by atoms with Crippen molar-refractivity contribution in [3.63, 3.8) is 0 Å². The Morgan fingerprint density at radius 2 is 1.52 bits per heavy atom. The molecule has 3 aromatic carbocycles. The van der Waals surface area contributed by atoms with Gasteiger partial charge in [0.25, 0.3) is 0 Å². The van der Waals surface area contributed by atoms with Crippen LogP contribution in [0.25, 0.3) is 21.5 Å². The number of fused-ring (bicyclic) bond motifs is 2. The Bertz CT molecular complexity index is 1040. The fraction of sp³-hybridized carbons (Fsp3) is 0.348. The third-order valence-corrected chi connectivity index (χ3v) is 6.24. The minimum absolute atomic E-state index is 0.206. The summed E-state index contributed by atoms with van der Waals surface area (Å²) in [7, 11) is 0. The molecule has 4 heteroatoms. The van der Waals surface area contributed by atoms with Crippen molar-refractivity contribution < 1.29 is 9.53 Å². The molecule has 2 nitrogen and oxygen atoms in total. The maximum atomic E-state index is 12.7. The van der Waals surface area contributed by atoms with Crippen molar-refractivity contribution in [3.8, 4) is 0 Å². The van der Waals surface area contributed by atoms with Crippen LogP contribution in [0.3, 0.4) is 0 Å². The van der Waals surface area contributed by atoms with Gasteiger partial charge in [0.15, 0.2) is 0 Å². The lowest BCUT2D eigenvalue weighted by molar-refractivity contribution is -0.168. The molecule has 0 heterocycles. The molecule has 0 aliphatic rings. The highest BCUT2D eigenvalue weighted by atomic mass is 32.1. The molecule has 0 N–H and O–H groups in total. The Kier molecular flexibility index (Phi) is 5.26. The fourth-order valence-corrected chi connectivity index (χ4v) is 3.94. The Morgan fingerprint density at radius 3 is 2.07 bits per heavy atom. The van der Waals surface area contributed by atoms with Crippen molar-refractivity contribution in [2.45, 2.75) is 56.4 Å². The monoisotopic (exact) mass is 398 g/mol. The van der Waals surface area contributed by atoms with E-state index >= 15 is 0 Å². The third-order valence-electron chi connectivity index (χ3n) is 5.39. The maximum absolute atomic E-state index is 12.7. The second-order valence-corrected chi connectivity index (χ2v) is 9.10. The molecule has 0 bridgehead atoms. The molecular formula is C23H26O2S2. The topological polar surface area (TPSA) is 26.3 Å². The molecule has 0 aliphatic heterocycles. The normalized spacial score (nSPS) is 12.6. The van der Waals surface area contributed by atoms with E-state index < -0.39 is 11.0 Å². The zero-order valence-corrected chi connectivity index (χ0v) is 18.2. The smallest absolute Gasteiger partial charge is 0.312 e. The van der Waals surface area contributed by atoms with Crippen molar-refractivity contribution in [1.82, 2.24) is 0 Å². The van der Waals surface area contributed by atoms with Crippen molar-refractivity contribution >= 4 is 52.8 Å². The predicted octanol–water partition coefficient (Wildman–Crippen LogP) is 6.78. The summed E-state index contributed by atoms with van der Waals surface area (Å²) in [6.45, 7) is 9.62. The highest BCUT2D eigenvalue weighted by Crippen LogP contribution is 2.40. The van der Waals surface area contributed by atoms with E-state index in [4.69, 9.17) is 30.0 Å². The van der Waals surface area contributed by atoms with Crippen LogP contribution in [0.5, 0.6) is 0 Å².